The van der Waals surface area contributed by atoms with Gasteiger partial charge >= 0.3 is 6.18 Å². The maximum Gasteiger partial charge on any atom is 0.417 e. The summed E-state index contributed by atoms with van der Waals surface area (Å²) in [6.45, 7) is 0. The van der Waals surface area contributed by atoms with Crippen molar-refractivity contribution in [1.29, 1.82) is 0 Å². The Morgan fingerprint density at radius 1 is 1.29 bits per heavy atom. The van der Waals surface area contributed by atoms with E-state index in [1.165, 1.54) is 17.4 Å². The summed E-state index contributed by atoms with van der Waals surface area (Å²) < 4.78 is 37.2. The molecule has 5 heteroatoms. The summed E-state index contributed by atoms with van der Waals surface area (Å²) in [5.41, 5.74) is -0.793. The van der Waals surface area contributed by atoms with E-state index in [1.807, 2.05) is 0 Å². The Balaban J connectivity index is 2.74. The molecule has 1 aromatic carbocycles. The zero-order valence-electron chi connectivity index (χ0n) is 6.65. The highest BCUT2D eigenvalue weighted by Crippen LogP contribution is 2.39. The molecule has 0 N–H and O–H groups in total. The van der Waals surface area contributed by atoms with Crippen molar-refractivity contribution in [3.8, 4) is 0 Å². The minimum absolute atomic E-state index is 0.243. The second-order valence-electron chi connectivity index (χ2n) is 2.72. The van der Waals surface area contributed by atoms with E-state index in [4.69, 9.17) is 11.6 Å². The number of hydrogen-bond acceptors (Lipinski definition) is 1. The lowest BCUT2D eigenvalue weighted by Crippen LogP contribution is -2.05. The highest BCUT2D eigenvalue weighted by molar-refractivity contribution is 7.09. The van der Waals surface area contributed by atoms with Gasteiger partial charge in [-0.3, -0.25) is 0 Å². The first-order chi connectivity index (χ1) is 6.50. The predicted molar refractivity (Wildman–Crippen MR) is 50.7 cm³/mol. The van der Waals surface area contributed by atoms with Gasteiger partial charge in [0.2, 0.25) is 0 Å². The molecule has 14 heavy (non-hydrogen) atoms. The van der Waals surface area contributed by atoms with Crippen LogP contribution in [0.3, 0.4) is 0 Å². The van der Waals surface area contributed by atoms with Crippen molar-refractivity contribution in [2.24, 2.45) is 0 Å². The number of fused-ring (bicyclic) bond motifs is 1. The van der Waals surface area contributed by atoms with Crippen molar-refractivity contribution in [2.75, 3.05) is 0 Å². The van der Waals surface area contributed by atoms with Crippen molar-refractivity contribution in [3.05, 3.63) is 33.5 Å². The third-order valence-electron chi connectivity index (χ3n) is 1.83. The minimum atomic E-state index is -4.40. The molecule has 2 rings (SSSR count). The molecule has 2 aromatic rings. The number of rotatable bonds is 0. The average molecular weight is 236 g/mol. The largest absolute Gasteiger partial charge is 0.417 e. The lowest BCUT2D eigenvalue weighted by Gasteiger charge is -2.08. The summed E-state index contributed by atoms with van der Waals surface area (Å²) in [7, 11) is 0. The van der Waals surface area contributed by atoms with E-state index < -0.39 is 11.7 Å². The van der Waals surface area contributed by atoms with Crippen LogP contribution < -0.4 is 0 Å². The quantitative estimate of drug-likeness (QED) is 0.636. The van der Waals surface area contributed by atoms with Crippen LogP contribution in [-0.4, -0.2) is 0 Å². The van der Waals surface area contributed by atoms with Crippen LogP contribution in [0.5, 0.6) is 0 Å². The van der Waals surface area contributed by atoms with Gasteiger partial charge in [-0.15, -0.1) is 11.3 Å². The van der Waals surface area contributed by atoms with E-state index in [2.05, 4.69) is 5.38 Å². The molecular weight excluding hydrogens is 233 g/mol. The number of halogens is 4. The third-order valence-corrected chi connectivity index (χ3v) is 2.93. The van der Waals surface area contributed by atoms with Crippen molar-refractivity contribution >= 4 is 33.7 Å². The van der Waals surface area contributed by atoms with E-state index in [9.17, 15) is 13.2 Å². The molecule has 0 atom stereocenters. The lowest BCUT2D eigenvalue weighted by molar-refractivity contribution is -0.137. The molecular formula is C9H3ClF3S. The highest BCUT2D eigenvalue weighted by atomic mass is 35.5. The first-order valence-corrected chi connectivity index (χ1v) is 4.90. The molecule has 73 valence electrons. The summed E-state index contributed by atoms with van der Waals surface area (Å²) in [5.74, 6) is 0. The van der Waals surface area contributed by atoms with Gasteiger partial charge in [-0.25, -0.2) is 0 Å². The number of thiophene rings is 1. The Morgan fingerprint density at radius 2 is 2.00 bits per heavy atom. The topological polar surface area (TPSA) is 0 Å². The Labute approximate surface area is 86.9 Å². The van der Waals surface area contributed by atoms with E-state index in [0.717, 1.165) is 6.07 Å². The van der Waals surface area contributed by atoms with Gasteiger partial charge in [-0.05, 0) is 6.07 Å². The van der Waals surface area contributed by atoms with Crippen LogP contribution in [0.25, 0.3) is 10.8 Å². The fourth-order valence-electron chi connectivity index (χ4n) is 1.17. The summed E-state index contributed by atoms with van der Waals surface area (Å²) in [6, 6.07) is 2.36. The maximum atomic E-state index is 12.4. The van der Waals surface area contributed by atoms with Gasteiger partial charge in [0.05, 0.1) is 16.0 Å². The van der Waals surface area contributed by atoms with Crippen molar-refractivity contribution in [2.45, 2.75) is 6.18 Å². The Bertz CT molecular complexity index is 472. The normalized spacial score (nSPS) is 12.3. The van der Waals surface area contributed by atoms with Gasteiger partial charge in [0, 0.05) is 16.2 Å². The summed E-state index contributed by atoms with van der Waals surface area (Å²) >= 11 is 6.84. The molecule has 0 spiro atoms. The summed E-state index contributed by atoms with van der Waals surface area (Å²) in [4.78, 5) is 0. The first-order valence-electron chi connectivity index (χ1n) is 3.65. The molecule has 0 bridgehead atoms. The highest BCUT2D eigenvalue weighted by Gasteiger charge is 2.33. The molecule has 0 aliphatic carbocycles. The van der Waals surface area contributed by atoms with Crippen LogP contribution in [0.1, 0.15) is 5.56 Å². The number of alkyl halides is 3. The van der Waals surface area contributed by atoms with E-state index in [0.29, 0.717) is 10.8 Å². The molecule has 1 aromatic heterocycles. The fraction of sp³-hybridized carbons (Fsp3) is 0.111. The molecule has 1 heterocycles. The molecule has 0 aliphatic rings. The fourth-order valence-corrected chi connectivity index (χ4v) is 2.29. The van der Waals surface area contributed by atoms with Gasteiger partial charge in [0.15, 0.2) is 0 Å². The monoisotopic (exact) mass is 235 g/mol. The molecule has 0 amide bonds. The van der Waals surface area contributed by atoms with E-state index >= 15 is 0 Å². The third kappa shape index (κ3) is 1.48. The van der Waals surface area contributed by atoms with Crippen LogP contribution in [0, 0.1) is 5.38 Å². The van der Waals surface area contributed by atoms with Crippen LogP contribution in [0.15, 0.2) is 17.5 Å². The first kappa shape index (κ1) is 9.80. The van der Waals surface area contributed by atoms with Gasteiger partial charge in [-0.1, -0.05) is 17.7 Å². The van der Waals surface area contributed by atoms with E-state index in [1.54, 1.807) is 5.38 Å². The Morgan fingerprint density at radius 3 is 2.64 bits per heavy atom. The van der Waals surface area contributed by atoms with Crippen molar-refractivity contribution in [1.82, 2.24) is 0 Å². The zero-order chi connectivity index (χ0) is 10.3. The molecule has 0 unspecified atom stereocenters. The van der Waals surface area contributed by atoms with E-state index in [-0.39, 0.29) is 5.02 Å². The Kier molecular flexibility index (Phi) is 2.20. The summed E-state index contributed by atoms with van der Waals surface area (Å²) in [5, 5.41) is 5.18. The minimum Gasteiger partial charge on any atom is -0.166 e. The van der Waals surface area contributed by atoms with Gasteiger partial charge in [0.25, 0.3) is 0 Å². The van der Waals surface area contributed by atoms with Gasteiger partial charge < -0.3 is 0 Å². The van der Waals surface area contributed by atoms with Crippen LogP contribution in [0.2, 0.25) is 5.02 Å². The zero-order valence-corrected chi connectivity index (χ0v) is 8.22. The van der Waals surface area contributed by atoms with Gasteiger partial charge in [-0.2, -0.15) is 13.2 Å². The maximum absolute atomic E-state index is 12.4. The van der Waals surface area contributed by atoms with Crippen LogP contribution in [0.4, 0.5) is 13.2 Å². The second kappa shape index (κ2) is 3.14. The number of hydrogen-bond donors (Lipinski definition) is 0. The van der Waals surface area contributed by atoms with Crippen molar-refractivity contribution < 1.29 is 13.2 Å². The lowest BCUT2D eigenvalue weighted by atomic mass is 10.1. The predicted octanol–water partition coefficient (Wildman–Crippen LogP) is 4.37. The molecule has 1 radical (unpaired) electrons. The molecule has 0 nitrogen and oxygen atoms in total. The van der Waals surface area contributed by atoms with Gasteiger partial charge in [0.1, 0.15) is 0 Å². The SMILES string of the molecule is FC(F)(F)c1ccc2[c]scc2c1Cl. The molecule has 0 fully saturated rings. The average Bonchev–Trinajstić information content (AvgIpc) is 2.50. The van der Waals surface area contributed by atoms with Crippen LogP contribution >= 0.6 is 22.9 Å². The standard InChI is InChI=1S/C9H3ClF3S/c10-8-6-4-14-3-5(6)1-2-7(8)9(11,12)13/h1-2,4H. The van der Waals surface area contributed by atoms with Crippen molar-refractivity contribution in [3.63, 3.8) is 0 Å². The Hall–Kier alpha value is -0.740. The molecule has 0 aliphatic heterocycles. The molecule has 0 saturated carbocycles. The van der Waals surface area contributed by atoms with Crippen LogP contribution in [-0.2, 0) is 6.18 Å². The number of benzene rings is 1. The second-order valence-corrected chi connectivity index (χ2v) is 3.78. The smallest absolute Gasteiger partial charge is 0.166 e. The molecule has 0 saturated heterocycles. The summed E-state index contributed by atoms with van der Waals surface area (Å²) in [6.07, 6.45) is -4.40.